The van der Waals surface area contributed by atoms with Gasteiger partial charge in [0.05, 0.1) is 11.3 Å². The van der Waals surface area contributed by atoms with Crippen LogP contribution in [0.1, 0.15) is 6.92 Å². The van der Waals surface area contributed by atoms with Crippen LogP contribution >= 0.6 is 0 Å². The number of hydrogen-bond donors (Lipinski definition) is 2. The molecule has 9 heavy (non-hydrogen) atoms. The summed E-state index contributed by atoms with van der Waals surface area (Å²) in [5.74, 6) is 0. The van der Waals surface area contributed by atoms with Crippen LogP contribution < -0.4 is 5.73 Å². The fourth-order valence-electron chi connectivity index (χ4n) is 0.677. The summed E-state index contributed by atoms with van der Waals surface area (Å²) in [5.41, 5.74) is 5.57. The first-order chi connectivity index (χ1) is 4.13. The molecular weight excluding hydrogens is 112 g/mol. The number of hydrogen-bond acceptors (Lipinski definition) is 2. The van der Waals surface area contributed by atoms with E-state index in [1.807, 2.05) is 25.2 Å². The first-order valence-corrected chi connectivity index (χ1v) is 2.87. The molecule has 2 nitrogen and oxygen atoms in total. The minimum absolute atomic E-state index is 0.463. The Morgan fingerprint density at radius 1 is 1.56 bits per heavy atom. The summed E-state index contributed by atoms with van der Waals surface area (Å²) < 4.78 is 0. The highest BCUT2D eigenvalue weighted by Crippen LogP contribution is 2.08. The van der Waals surface area contributed by atoms with Crippen molar-refractivity contribution in [3.8, 4) is 0 Å². The van der Waals surface area contributed by atoms with Gasteiger partial charge in [0.25, 0.3) is 0 Å². The highest BCUT2D eigenvalue weighted by atomic mass is 14.7. The normalized spacial score (nSPS) is 33.3. The molecule has 0 aliphatic heterocycles. The largest absolute Gasteiger partial charge is 0.317 e. The van der Waals surface area contributed by atoms with E-state index in [1.165, 1.54) is 0 Å². The summed E-state index contributed by atoms with van der Waals surface area (Å²) in [6.07, 6.45) is 7.20. The van der Waals surface area contributed by atoms with Crippen molar-refractivity contribution in [2.24, 2.45) is 5.73 Å². The van der Waals surface area contributed by atoms with Crippen molar-refractivity contribution in [3.05, 3.63) is 24.3 Å². The Kier molecular flexibility index (Phi) is 1.25. The van der Waals surface area contributed by atoms with Crippen molar-refractivity contribution in [1.82, 2.24) is 0 Å². The molecule has 0 heterocycles. The zero-order chi connectivity index (χ0) is 6.91. The predicted octanol–water partition coefficient (Wildman–Crippen LogP) is 0.850. The van der Waals surface area contributed by atoms with E-state index in [1.54, 1.807) is 6.08 Å². The zero-order valence-corrected chi connectivity index (χ0v) is 5.39. The lowest BCUT2D eigenvalue weighted by atomic mass is 9.93. The van der Waals surface area contributed by atoms with Crippen LogP contribution in [0.3, 0.4) is 0 Å². The molecule has 0 saturated carbocycles. The van der Waals surface area contributed by atoms with Gasteiger partial charge in [-0.05, 0) is 13.0 Å². The Morgan fingerprint density at radius 2 is 2.22 bits per heavy atom. The van der Waals surface area contributed by atoms with Crippen LogP contribution in [0.4, 0.5) is 0 Å². The third-order valence-corrected chi connectivity index (χ3v) is 1.40. The molecule has 0 fully saturated rings. The fraction of sp³-hybridized carbons (Fsp3) is 0.286. The summed E-state index contributed by atoms with van der Waals surface area (Å²) >= 11 is 0. The molecule has 1 aliphatic carbocycles. The first kappa shape index (κ1) is 6.23. The van der Waals surface area contributed by atoms with Crippen molar-refractivity contribution < 1.29 is 0 Å². The molecule has 1 atom stereocenters. The Hall–Kier alpha value is -0.890. The van der Waals surface area contributed by atoms with Crippen molar-refractivity contribution >= 4 is 5.71 Å². The Balaban J connectivity index is 2.91. The third kappa shape index (κ3) is 1.08. The minimum Gasteiger partial charge on any atom is -0.317 e. The maximum Gasteiger partial charge on any atom is 0.0736 e. The number of nitrogens with one attached hydrogen (secondary N) is 1. The van der Waals surface area contributed by atoms with Crippen molar-refractivity contribution in [2.45, 2.75) is 12.5 Å². The van der Waals surface area contributed by atoms with Gasteiger partial charge in [-0.25, -0.2) is 0 Å². The Bertz CT molecular complexity index is 187. The van der Waals surface area contributed by atoms with Gasteiger partial charge in [0.1, 0.15) is 0 Å². The van der Waals surface area contributed by atoms with Crippen LogP contribution in [0.15, 0.2) is 24.3 Å². The second-order valence-corrected chi connectivity index (χ2v) is 2.41. The number of nitrogens with two attached hydrogens (primary N) is 1. The minimum atomic E-state index is -0.547. The lowest BCUT2D eigenvalue weighted by molar-refractivity contribution is 0.777. The van der Waals surface area contributed by atoms with E-state index >= 15 is 0 Å². The van der Waals surface area contributed by atoms with Crippen LogP contribution in [0.5, 0.6) is 0 Å². The molecule has 1 rings (SSSR count). The van der Waals surface area contributed by atoms with E-state index in [4.69, 9.17) is 11.1 Å². The third-order valence-electron chi connectivity index (χ3n) is 1.40. The Labute approximate surface area is 54.6 Å². The molecule has 0 unspecified atom stereocenters. The summed E-state index contributed by atoms with van der Waals surface area (Å²) in [5, 5.41) is 7.33. The summed E-state index contributed by atoms with van der Waals surface area (Å²) in [7, 11) is 0. The highest BCUT2D eigenvalue weighted by Gasteiger charge is 2.19. The van der Waals surface area contributed by atoms with Crippen molar-refractivity contribution in [2.75, 3.05) is 0 Å². The van der Waals surface area contributed by atoms with Crippen LogP contribution in [0.25, 0.3) is 0 Å². The number of allylic oxidation sites excluding steroid dienone is 2. The molecule has 2 heteroatoms. The van der Waals surface area contributed by atoms with Gasteiger partial charge in [0, 0.05) is 0 Å². The molecule has 0 spiro atoms. The Morgan fingerprint density at radius 3 is 2.56 bits per heavy atom. The first-order valence-electron chi connectivity index (χ1n) is 2.87. The topological polar surface area (TPSA) is 49.9 Å². The quantitative estimate of drug-likeness (QED) is 0.491. The fourth-order valence-corrected chi connectivity index (χ4v) is 0.677. The van der Waals surface area contributed by atoms with Gasteiger partial charge in [-0.2, -0.15) is 0 Å². The molecule has 0 amide bonds. The van der Waals surface area contributed by atoms with Gasteiger partial charge in [-0.1, -0.05) is 18.2 Å². The van der Waals surface area contributed by atoms with E-state index in [0.29, 0.717) is 5.71 Å². The van der Waals surface area contributed by atoms with Crippen LogP contribution in [-0.4, -0.2) is 11.3 Å². The summed E-state index contributed by atoms with van der Waals surface area (Å²) in [6, 6.07) is 0. The van der Waals surface area contributed by atoms with Crippen molar-refractivity contribution in [1.29, 1.82) is 5.41 Å². The van der Waals surface area contributed by atoms with Gasteiger partial charge in [-0.3, -0.25) is 0 Å². The van der Waals surface area contributed by atoms with Gasteiger partial charge >= 0.3 is 0 Å². The molecule has 0 radical (unpaired) electrons. The molecule has 0 aromatic heterocycles. The molecule has 0 saturated heterocycles. The molecule has 48 valence electrons. The van der Waals surface area contributed by atoms with Crippen LogP contribution in [0, 0.1) is 5.41 Å². The predicted molar refractivity (Wildman–Crippen MR) is 38.6 cm³/mol. The zero-order valence-electron chi connectivity index (χ0n) is 5.39. The monoisotopic (exact) mass is 122 g/mol. The summed E-state index contributed by atoms with van der Waals surface area (Å²) in [6.45, 7) is 1.81. The molecule has 0 aromatic rings. The SMILES string of the molecule is C[C@@]1(N)C=CC=CC1=N. The smallest absolute Gasteiger partial charge is 0.0736 e. The van der Waals surface area contributed by atoms with Crippen LogP contribution in [0.2, 0.25) is 0 Å². The van der Waals surface area contributed by atoms with Crippen LogP contribution in [-0.2, 0) is 0 Å². The molecule has 0 aromatic carbocycles. The maximum absolute atomic E-state index is 7.33. The summed E-state index contributed by atoms with van der Waals surface area (Å²) in [4.78, 5) is 0. The van der Waals surface area contributed by atoms with E-state index in [0.717, 1.165) is 0 Å². The highest BCUT2D eigenvalue weighted by molar-refractivity contribution is 6.02. The van der Waals surface area contributed by atoms with E-state index in [-0.39, 0.29) is 0 Å². The van der Waals surface area contributed by atoms with Gasteiger partial charge < -0.3 is 11.1 Å². The van der Waals surface area contributed by atoms with Gasteiger partial charge in [0.15, 0.2) is 0 Å². The van der Waals surface area contributed by atoms with Gasteiger partial charge in [-0.15, -0.1) is 0 Å². The van der Waals surface area contributed by atoms with Crippen molar-refractivity contribution in [3.63, 3.8) is 0 Å². The molecular formula is C7H10N2. The molecule has 0 bridgehead atoms. The van der Waals surface area contributed by atoms with E-state index < -0.39 is 5.54 Å². The average Bonchev–Trinajstić information content (AvgIpc) is 1.77. The maximum atomic E-state index is 7.33. The molecule has 3 N–H and O–H groups in total. The second kappa shape index (κ2) is 1.81. The standard InChI is InChI=1S/C7H10N2/c1-7(9)5-3-2-4-6(7)8/h2-5,8H,9H2,1H3/t7-/m1/s1. The lowest BCUT2D eigenvalue weighted by Gasteiger charge is -2.20. The number of rotatable bonds is 0. The van der Waals surface area contributed by atoms with E-state index in [2.05, 4.69) is 0 Å². The van der Waals surface area contributed by atoms with Gasteiger partial charge in [0.2, 0.25) is 0 Å². The van der Waals surface area contributed by atoms with E-state index in [9.17, 15) is 0 Å². The average molecular weight is 122 g/mol. The second-order valence-electron chi connectivity index (χ2n) is 2.41. The lowest BCUT2D eigenvalue weighted by Crippen LogP contribution is -2.42. The molecule has 1 aliphatic rings.